The van der Waals surface area contributed by atoms with Crippen molar-refractivity contribution in [1.29, 1.82) is 0 Å². The second kappa shape index (κ2) is 10.5. The number of carbonyl (C=O) groups excluding carboxylic acids is 2. The lowest BCUT2D eigenvalue weighted by Gasteiger charge is -2.39. The van der Waals surface area contributed by atoms with Crippen molar-refractivity contribution in [2.24, 2.45) is 10.8 Å². The number of hydrogen-bond acceptors (Lipinski definition) is 8. The molecule has 1 atom stereocenters. The van der Waals surface area contributed by atoms with Crippen LogP contribution in [0.4, 0.5) is 5.82 Å². The minimum absolute atomic E-state index is 0.0345. The average Bonchev–Trinajstić information content (AvgIpc) is 3.34. The zero-order chi connectivity index (χ0) is 26.8. The topological polar surface area (TPSA) is 119 Å². The van der Waals surface area contributed by atoms with Gasteiger partial charge in [-0.05, 0) is 54.7 Å². The van der Waals surface area contributed by atoms with Crippen LogP contribution in [-0.4, -0.2) is 57.2 Å². The third-order valence-corrected chi connectivity index (χ3v) is 6.99. The van der Waals surface area contributed by atoms with Gasteiger partial charge in [0.1, 0.15) is 23.6 Å². The molecule has 0 saturated carbocycles. The van der Waals surface area contributed by atoms with Crippen molar-refractivity contribution in [3.63, 3.8) is 0 Å². The molecule has 1 aromatic heterocycles. The third kappa shape index (κ3) is 4.90. The normalized spacial score (nSPS) is 18.8. The second-order valence-corrected chi connectivity index (χ2v) is 9.84. The number of anilines is 1. The number of carbonyl (C=O) groups is 2. The van der Waals surface area contributed by atoms with E-state index in [0.29, 0.717) is 30.4 Å². The zero-order valence-corrected chi connectivity index (χ0v) is 21.6. The molecule has 0 unspecified atom stereocenters. The van der Waals surface area contributed by atoms with Gasteiger partial charge in [-0.1, -0.05) is 32.6 Å². The number of amides is 2. The highest BCUT2D eigenvalue weighted by atomic mass is 16.2. The summed E-state index contributed by atoms with van der Waals surface area (Å²) in [5.74, 6) is 6.86. The van der Waals surface area contributed by atoms with Crippen LogP contribution < -0.4 is 16.6 Å². The van der Waals surface area contributed by atoms with Crippen LogP contribution in [0.2, 0.25) is 0 Å². The molecule has 0 aliphatic carbocycles. The number of aromatic nitrogens is 1. The molecule has 3 aliphatic heterocycles. The predicted molar refractivity (Wildman–Crippen MR) is 147 cm³/mol. The number of hydrogen-bond donors (Lipinski definition) is 3. The third-order valence-electron chi connectivity index (χ3n) is 6.99. The van der Waals surface area contributed by atoms with Crippen LogP contribution in [-0.2, 0) is 4.79 Å². The zero-order valence-electron chi connectivity index (χ0n) is 21.6. The summed E-state index contributed by atoms with van der Waals surface area (Å²) in [6.45, 7) is 9.10. The van der Waals surface area contributed by atoms with Crippen molar-refractivity contribution in [2.75, 3.05) is 18.4 Å². The molecule has 3 aliphatic rings. The molecule has 1 saturated heterocycles. The predicted octanol–water partition coefficient (Wildman–Crippen LogP) is 3.18. The van der Waals surface area contributed by atoms with E-state index in [1.165, 1.54) is 11.1 Å². The highest BCUT2D eigenvalue weighted by Crippen LogP contribution is 2.36. The van der Waals surface area contributed by atoms with Crippen LogP contribution >= 0.6 is 0 Å². The van der Waals surface area contributed by atoms with Crippen LogP contribution in [0.5, 0.6) is 0 Å². The number of nitrogens with zero attached hydrogens (tertiary/aromatic N) is 5. The Hall–Kier alpha value is -4.44. The molecule has 2 aromatic rings. The Balaban J connectivity index is 1.36. The highest BCUT2D eigenvalue weighted by molar-refractivity contribution is 6.04. The number of hydrazine groups is 2. The smallest absolute Gasteiger partial charge is 0.256 e. The Morgan fingerprint density at radius 3 is 2.76 bits per heavy atom. The second-order valence-electron chi connectivity index (χ2n) is 9.84. The largest absolute Gasteiger partial charge is 0.337 e. The maximum atomic E-state index is 12.9. The van der Waals surface area contributed by atoms with E-state index < -0.39 is 0 Å². The van der Waals surface area contributed by atoms with Crippen molar-refractivity contribution in [1.82, 2.24) is 25.3 Å². The van der Waals surface area contributed by atoms with Gasteiger partial charge in [0.05, 0.1) is 17.9 Å². The first-order valence-electron chi connectivity index (χ1n) is 12.7. The number of nitrogens with one attached hydrogen (secondary N) is 2. The molecule has 4 heterocycles. The molecule has 10 nitrogen and oxygen atoms in total. The van der Waals surface area contributed by atoms with Gasteiger partial charge in [0.15, 0.2) is 0 Å². The first-order chi connectivity index (χ1) is 18.4. The maximum Gasteiger partial charge on any atom is 0.256 e. The Morgan fingerprint density at radius 1 is 1.24 bits per heavy atom. The highest BCUT2D eigenvalue weighted by Gasteiger charge is 2.38. The quantitative estimate of drug-likeness (QED) is 0.402. The number of nitrogens with two attached hydrogens (primary N) is 1. The summed E-state index contributed by atoms with van der Waals surface area (Å²) in [5, 5.41) is 6.41. The number of benzene rings is 1. The van der Waals surface area contributed by atoms with E-state index in [0.717, 1.165) is 41.1 Å². The summed E-state index contributed by atoms with van der Waals surface area (Å²) >= 11 is 0. The van der Waals surface area contributed by atoms with Crippen LogP contribution in [0.15, 0.2) is 77.8 Å². The van der Waals surface area contributed by atoms with Gasteiger partial charge >= 0.3 is 0 Å². The lowest BCUT2D eigenvalue weighted by Crippen LogP contribution is -2.51. The van der Waals surface area contributed by atoms with Crippen molar-refractivity contribution < 1.29 is 9.59 Å². The number of aliphatic imine (C=N–C) groups is 1. The van der Waals surface area contributed by atoms with Gasteiger partial charge in [-0.3, -0.25) is 25.0 Å². The molecule has 196 valence electrons. The molecule has 1 aromatic carbocycles. The molecule has 5 rings (SSSR count). The Kier molecular flexibility index (Phi) is 6.97. The molecule has 2 amide bonds. The van der Waals surface area contributed by atoms with Gasteiger partial charge in [-0.2, -0.15) is 0 Å². The van der Waals surface area contributed by atoms with Crippen LogP contribution in [0.3, 0.4) is 0 Å². The molecular weight excluding hydrogens is 480 g/mol. The van der Waals surface area contributed by atoms with E-state index in [2.05, 4.69) is 41.1 Å². The minimum Gasteiger partial charge on any atom is -0.337 e. The number of likely N-dealkylation sites (tertiary alicyclic amines) is 1. The fourth-order valence-electron chi connectivity index (χ4n) is 4.93. The van der Waals surface area contributed by atoms with Gasteiger partial charge in [0.25, 0.3) is 5.91 Å². The maximum absolute atomic E-state index is 12.9. The van der Waals surface area contributed by atoms with E-state index >= 15 is 0 Å². The molecule has 1 fully saturated rings. The summed E-state index contributed by atoms with van der Waals surface area (Å²) in [4.78, 5) is 35.5. The van der Waals surface area contributed by atoms with E-state index in [1.54, 1.807) is 30.9 Å². The van der Waals surface area contributed by atoms with E-state index in [9.17, 15) is 9.59 Å². The molecule has 38 heavy (non-hydrogen) atoms. The standard InChI is InChI=1S/C28H32N8O2/c1-4-25(37)34-13-5-6-22(16-34)36-23-15-30-17-35(29)27(23)26(33-36)19-7-9-20(10-8-19)28(38)32-24-14-21(18(2)3)11-12-31-24/h4,7-12,14-15,17-18,22,33H,1,5-6,13,16,29H2,2-3H3,(H,31,32,38)/t22-/m1/s1. The van der Waals surface area contributed by atoms with Gasteiger partial charge in [-0.15, -0.1) is 0 Å². The summed E-state index contributed by atoms with van der Waals surface area (Å²) in [6, 6.07) is 11.2. The molecule has 0 bridgehead atoms. The lowest BCUT2D eigenvalue weighted by atomic mass is 10.0. The Bertz CT molecular complexity index is 1340. The number of piperidine rings is 1. The molecule has 0 radical (unpaired) electrons. The SMILES string of the molecule is C=CC(=O)N1CCC[C@@H](N2NC(c3ccc(C(=O)Nc4cc(C(C)C)ccn4)cc3)=C3C2=CN=CN3N)C1. The molecule has 10 heteroatoms. The van der Waals surface area contributed by atoms with Crippen molar-refractivity contribution >= 4 is 29.7 Å². The Morgan fingerprint density at radius 2 is 2.03 bits per heavy atom. The van der Waals surface area contributed by atoms with E-state index in [4.69, 9.17) is 5.84 Å². The average molecular weight is 513 g/mol. The summed E-state index contributed by atoms with van der Waals surface area (Å²) in [5.41, 5.74) is 8.40. The fraction of sp³-hybridized carbons (Fsp3) is 0.286. The summed E-state index contributed by atoms with van der Waals surface area (Å²) in [6.07, 6.45) is 8.18. The fourth-order valence-corrected chi connectivity index (χ4v) is 4.93. The van der Waals surface area contributed by atoms with E-state index in [-0.39, 0.29) is 17.9 Å². The van der Waals surface area contributed by atoms with Gasteiger partial charge < -0.3 is 10.2 Å². The summed E-state index contributed by atoms with van der Waals surface area (Å²) < 4.78 is 0. The van der Waals surface area contributed by atoms with Crippen LogP contribution in [0.25, 0.3) is 5.70 Å². The van der Waals surface area contributed by atoms with E-state index in [1.807, 2.05) is 34.2 Å². The van der Waals surface area contributed by atoms with Gasteiger partial charge in [-0.25, -0.2) is 15.8 Å². The van der Waals surface area contributed by atoms with Crippen LogP contribution in [0, 0.1) is 0 Å². The lowest BCUT2D eigenvalue weighted by molar-refractivity contribution is -0.128. The number of pyridine rings is 1. The molecule has 0 spiro atoms. The van der Waals surface area contributed by atoms with Crippen molar-refractivity contribution in [3.8, 4) is 0 Å². The summed E-state index contributed by atoms with van der Waals surface area (Å²) in [7, 11) is 0. The monoisotopic (exact) mass is 512 g/mol. The molecular formula is C28H32N8O2. The number of rotatable bonds is 6. The first-order valence-corrected chi connectivity index (χ1v) is 12.7. The molecule has 4 N–H and O–H groups in total. The van der Waals surface area contributed by atoms with Gasteiger partial charge in [0.2, 0.25) is 5.91 Å². The van der Waals surface area contributed by atoms with Crippen LogP contribution in [0.1, 0.15) is 54.1 Å². The van der Waals surface area contributed by atoms with Crippen molar-refractivity contribution in [2.45, 2.75) is 38.6 Å². The van der Waals surface area contributed by atoms with Crippen molar-refractivity contribution in [3.05, 3.63) is 89.5 Å². The minimum atomic E-state index is -0.233. The first kappa shape index (κ1) is 25.2. The Labute approximate surface area is 222 Å². The number of fused-ring (bicyclic) bond motifs is 1. The van der Waals surface area contributed by atoms with Gasteiger partial charge in [0, 0.05) is 30.4 Å².